The monoisotopic (exact) mass is 382 g/mol. The molecule has 1 saturated heterocycles. The fourth-order valence-corrected chi connectivity index (χ4v) is 4.04. The predicted molar refractivity (Wildman–Crippen MR) is 102 cm³/mol. The Morgan fingerprint density at radius 3 is 2.58 bits per heavy atom. The lowest BCUT2D eigenvalue weighted by molar-refractivity contribution is -0.136. The number of carbonyl (C=O) groups excluding carboxylic acids is 1. The summed E-state index contributed by atoms with van der Waals surface area (Å²) in [6.45, 7) is 4.01. The van der Waals surface area contributed by atoms with Crippen LogP contribution in [0.25, 0.3) is 0 Å². The van der Waals surface area contributed by atoms with E-state index in [1.54, 1.807) is 24.3 Å². The number of likely N-dealkylation sites (tertiary alicyclic amines) is 1. The summed E-state index contributed by atoms with van der Waals surface area (Å²) in [7, 11) is -3.19. The molecule has 2 N–H and O–H groups in total. The summed E-state index contributed by atoms with van der Waals surface area (Å²) in [5.41, 5.74) is 5.85. The summed E-state index contributed by atoms with van der Waals surface area (Å²) in [5.74, 6) is 1.29. The van der Waals surface area contributed by atoms with E-state index in [4.69, 9.17) is 10.5 Å². The number of unbranched alkanes of at least 4 members (excludes halogenated alkanes) is 1. The lowest BCUT2D eigenvalue weighted by Gasteiger charge is -2.39. The first kappa shape index (κ1) is 20.7. The number of rotatable bonds is 8. The largest absolute Gasteiger partial charge is 0.494 e. The highest BCUT2D eigenvalue weighted by Crippen LogP contribution is 2.23. The molecule has 0 aliphatic carbocycles. The average Bonchev–Trinajstić information content (AvgIpc) is 2.60. The Morgan fingerprint density at radius 1 is 1.27 bits per heavy atom. The van der Waals surface area contributed by atoms with Gasteiger partial charge in [0.2, 0.25) is 5.91 Å². The van der Waals surface area contributed by atoms with Crippen molar-refractivity contribution < 1.29 is 17.9 Å². The van der Waals surface area contributed by atoms with Crippen molar-refractivity contribution >= 4 is 15.7 Å². The first-order valence-electron chi connectivity index (χ1n) is 9.25. The van der Waals surface area contributed by atoms with Crippen LogP contribution in [0.2, 0.25) is 0 Å². The summed E-state index contributed by atoms with van der Waals surface area (Å²) >= 11 is 0. The van der Waals surface area contributed by atoms with Crippen LogP contribution in [0.15, 0.2) is 29.2 Å². The smallest absolute Gasteiger partial charge is 0.222 e. The second-order valence-electron chi connectivity index (χ2n) is 7.06. The number of piperidine rings is 1. The SMILES string of the molecule is CC1CCCN(C(=O)CCCCOc2ccc(S(C)(=O)=O)cc2)C1CN. The van der Waals surface area contributed by atoms with Crippen molar-refractivity contribution in [2.75, 3.05) is 26.0 Å². The number of sulfone groups is 1. The fourth-order valence-electron chi connectivity index (χ4n) is 3.41. The zero-order chi connectivity index (χ0) is 19.2. The van der Waals surface area contributed by atoms with E-state index >= 15 is 0 Å². The Hall–Kier alpha value is -1.60. The molecule has 1 aliphatic heterocycles. The molecule has 0 radical (unpaired) electrons. The van der Waals surface area contributed by atoms with Crippen LogP contribution in [0, 0.1) is 5.92 Å². The molecule has 2 atom stereocenters. The van der Waals surface area contributed by atoms with Crippen LogP contribution in [0.5, 0.6) is 5.75 Å². The highest BCUT2D eigenvalue weighted by Gasteiger charge is 2.30. The van der Waals surface area contributed by atoms with Crippen LogP contribution in [0.4, 0.5) is 0 Å². The molecule has 0 bridgehead atoms. The zero-order valence-corrected chi connectivity index (χ0v) is 16.5. The van der Waals surface area contributed by atoms with Crippen LogP contribution in [0.1, 0.15) is 39.0 Å². The van der Waals surface area contributed by atoms with E-state index in [9.17, 15) is 13.2 Å². The molecule has 1 heterocycles. The van der Waals surface area contributed by atoms with Crippen molar-refractivity contribution in [1.82, 2.24) is 4.90 Å². The minimum Gasteiger partial charge on any atom is -0.494 e. The van der Waals surface area contributed by atoms with Gasteiger partial charge in [-0.25, -0.2) is 8.42 Å². The van der Waals surface area contributed by atoms with Gasteiger partial charge in [-0.3, -0.25) is 4.79 Å². The van der Waals surface area contributed by atoms with Gasteiger partial charge in [0.1, 0.15) is 5.75 Å². The molecular formula is C19H30N2O4S. The van der Waals surface area contributed by atoms with E-state index in [0.717, 1.165) is 32.2 Å². The van der Waals surface area contributed by atoms with Gasteiger partial charge >= 0.3 is 0 Å². The third-order valence-electron chi connectivity index (χ3n) is 4.98. The Labute approximate surface area is 156 Å². The normalized spacial score (nSPS) is 20.8. The van der Waals surface area contributed by atoms with Crippen LogP contribution in [0.3, 0.4) is 0 Å². The summed E-state index contributed by atoms with van der Waals surface area (Å²) < 4.78 is 28.5. The number of nitrogens with two attached hydrogens (primary N) is 1. The van der Waals surface area contributed by atoms with Crippen molar-refractivity contribution in [3.8, 4) is 5.75 Å². The Bertz CT molecular complexity index is 688. The lowest BCUT2D eigenvalue weighted by atomic mass is 9.90. The molecule has 2 unspecified atom stereocenters. The van der Waals surface area contributed by atoms with Crippen LogP contribution in [-0.4, -0.2) is 51.2 Å². The molecule has 7 heteroatoms. The van der Waals surface area contributed by atoms with Gasteiger partial charge in [-0.2, -0.15) is 0 Å². The van der Waals surface area contributed by atoms with E-state index in [-0.39, 0.29) is 16.8 Å². The van der Waals surface area contributed by atoms with Crippen LogP contribution < -0.4 is 10.5 Å². The maximum Gasteiger partial charge on any atom is 0.222 e. The number of hydrogen-bond donors (Lipinski definition) is 1. The van der Waals surface area contributed by atoms with E-state index < -0.39 is 9.84 Å². The fraction of sp³-hybridized carbons (Fsp3) is 0.632. The van der Waals surface area contributed by atoms with Gasteiger partial charge in [-0.15, -0.1) is 0 Å². The number of ether oxygens (including phenoxy) is 1. The van der Waals surface area contributed by atoms with Crippen LogP contribution >= 0.6 is 0 Å². The molecule has 1 aliphatic rings. The van der Waals surface area contributed by atoms with Gasteiger partial charge < -0.3 is 15.4 Å². The van der Waals surface area contributed by atoms with Gasteiger partial charge in [0.25, 0.3) is 0 Å². The van der Waals surface area contributed by atoms with Gasteiger partial charge in [0.15, 0.2) is 9.84 Å². The number of benzene rings is 1. The summed E-state index contributed by atoms with van der Waals surface area (Å²) in [4.78, 5) is 14.7. The van der Waals surface area contributed by atoms with E-state index in [2.05, 4.69) is 6.92 Å². The predicted octanol–water partition coefficient (Wildman–Crippen LogP) is 2.23. The first-order chi connectivity index (χ1) is 12.3. The minimum atomic E-state index is -3.19. The molecular weight excluding hydrogens is 352 g/mol. The molecule has 0 spiro atoms. The van der Waals surface area contributed by atoms with E-state index in [1.807, 2.05) is 4.90 Å². The molecule has 1 aromatic carbocycles. The number of hydrogen-bond acceptors (Lipinski definition) is 5. The van der Waals surface area contributed by atoms with Gasteiger partial charge in [-0.1, -0.05) is 6.92 Å². The van der Waals surface area contributed by atoms with E-state index in [0.29, 0.717) is 31.2 Å². The Kier molecular flexibility index (Phi) is 7.46. The minimum absolute atomic E-state index is 0.167. The topological polar surface area (TPSA) is 89.7 Å². The second kappa shape index (κ2) is 9.37. The molecule has 1 amide bonds. The van der Waals surface area contributed by atoms with Crippen molar-refractivity contribution in [3.05, 3.63) is 24.3 Å². The molecule has 1 aromatic rings. The van der Waals surface area contributed by atoms with Gasteiger partial charge in [0.05, 0.1) is 11.5 Å². The van der Waals surface area contributed by atoms with Crippen molar-refractivity contribution in [3.63, 3.8) is 0 Å². The summed E-state index contributed by atoms with van der Waals surface area (Å²) in [5, 5.41) is 0. The third kappa shape index (κ3) is 5.71. The highest BCUT2D eigenvalue weighted by molar-refractivity contribution is 7.90. The summed E-state index contributed by atoms with van der Waals surface area (Å²) in [6.07, 6.45) is 5.42. The molecule has 1 fully saturated rings. The van der Waals surface area contributed by atoms with Crippen molar-refractivity contribution in [2.24, 2.45) is 11.7 Å². The van der Waals surface area contributed by atoms with Crippen molar-refractivity contribution in [2.45, 2.75) is 50.0 Å². The highest BCUT2D eigenvalue weighted by atomic mass is 32.2. The molecule has 2 rings (SSSR count). The quantitative estimate of drug-likeness (QED) is 0.696. The van der Waals surface area contributed by atoms with Crippen molar-refractivity contribution in [1.29, 1.82) is 0 Å². The van der Waals surface area contributed by atoms with Gasteiger partial charge in [0, 0.05) is 31.8 Å². The first-order valence-corrected chi connectivity index (χ1v) is 11.1. The molecule has 6 nitrogen and oxygen atoms in total. The van der Waals surface area contributed by atoms with Gasteiger partial charge in [-0.05, 0) is 55.9 Å². The molecule has 146 valence electrons. The average molecular weight is 383 g/mol. The number of amides is 1. The summed E-state index contributed by atoms with van der Waals surface area (Å²) in [6, 6.07) is 6.56. The third-order valence-corrected chi connectivity index (χ3v) is 6.11. The number of nitrogens with zero attached hydrogens (tertiary/aromatic N) is 1. The van der Waals surface area contributed by atoms with Crippen LogP contribution in [-0.2, 0) is 14.6 Å². The Morgan fingerprint density at radius 2 is 1.96 bits per heavy atom. The second-order valence-corrected chi connectivity index (χ2v) is 9.07. The number of carbonyl (C=O) groups is 1. The Balaban J connectivity index is 1.71. The maximum atomic E-state index is 12.5. The molecule has 0 saturated carbocycles. The standard InChI is InChI=1S/C19H30N2O4S/c1-15-6-5-12-21(18(15)14-20)19(22)7-3-4-13-25-16-8-10-17(11-9-16)26(2,23)24/h8-11,15,18H,3-7,12-14,20H2,1-2H3. The van der Waals surface area contributed by atoms with E-state index in [1.165, 1.54) is 6.26 Å². The lowest BCUT2D eigenvalue weighted by Crippen LogP contribution is -2.51. The zero-order valence-electron chi connectivity index (χ0n) is 15.7. The maximum absolute atomic E-state index is 12.5. The molecule has 0 aromatic heterocycles. The molecule has 26 heavy (non-hydrogen) atoms.